The van der Waals surface area contributed by atoms with E-state index in [0.29, 0.717) is 6.42 Å². The number of halogens is 1. The van der Waals surface area contributed by atoms with E-state index in [2.05, 4.69) is 21.0 Å². The van der Waals surface area contributed by atoms with Crippen LogP contribution < -0.4 is 0 Å². The Balaban J connectivity index is 2.33. The van der Waals surface area contributed by atoms with Crippen LogP contribution >= 0.6 is 15.9 Å². The molecule has 1 heterocycles. The zero-order chi connectivity index (χ0) is 12.6. The molecule has 1 fully saturated rings. The molecule has 1 aromatic rings. The summed E-state index contributed by atoms with van der Waals surface area (Å²) in [5, 5.41) is 13.8. The molecule has 0 radical (unpaired) electrons. The van der Waals surface area contributed by atoms with Crippen molar-refractivity contribution in [1.29, 1.82) is 0 Å². The van der Waals surface area contributed by atoms with Crippen LogP contribution in [-0.4, -0.2) is 20.9 Å². The van der Waals surface area contributed by atoms with Crippen molar-refractivity contribution >= 4 is 21.9 Å². The van der Waals surface area contributed by atoms with Gasteiger partial charge in [-0.25, -0.2) is 0 Å². The van der Waals surface area contributed by atoms with Crippen LogP contribution in [0, 0.1) is 12.3 Å². The predicted molar refractivity (Wildman–Crippen MR) is 67.9 cm³/mol. The summed E-state index contributed by atoms with van der Waals surface area (Å²) in [4.78, 5) is 11.5. The highest BCUT2D eigenvalue weighted by Gasteiger charge is 2.42. The van der Waals surface area contributed by atoms with E-state index in [1.807, 2.05) is 14.0 Å². The van der Waals surface area contributed by atoms with Crippen LogP contribution in [0.2, 0.25) is 0 Å². The molecular weight excluding hydrogens is 284 g/mol. The van der Waals surface area contributed by atoms with Gasteiger partial charge < -0.3 is 5.11 Å². The van der Waals surface area contributed by atoms with Crippen LogP contribution in [0.5, 0.6) is 0 Å². The summed E-state index contributed by atoms with van der Waals surface area (Å²) in [5.41, 5.74) is 1.33. The van der Waals surface area contributed by atoms with Crippen molar-refractivity contribution in [2.24, 2.45) is 12.5 Å². The minimum Gasteiger partial charge on any atom is -0.481 e. The molecular formula is C12H17BrN2O2. The van der Waals surface area contributed by atoms with Crippen LogP contribution in [0.15, 0.2) is 4.47 Å². The van der Waals surface area contributed by atoms with Crippen molar-refractivity contribution < 1.29 is 9.90 Å². The third kappa shape index (κ3) is 2.12. The Hall–Kier alpha value is -0.840. The van der Waals surface area contributed by atoms with Crippen LogP contribution in [0.3, 0.4) is 0 Å². The van der Waals surface area contributed by atoms with E-state index in [1.165, 1.54) is 0 Å². The summed E-state index contributed by atoms with van der Waals surface area (Å²) in [6.07, 6.45) is 4.15. The van der Waals surface area contributed by atoms with Crippen LogP contribution in [0.4, 0.5) is 0 Å². The van der Waals surface area contributed by atoms with Gasteiger partial charge in [-0.2, -0.15) is 5.10 Å². The van der Waals surface area contributed by atoms with Gasteiger partial charge in [-0.1, -0.05) is 12.8 Å². The first-order chi connectivity index (χ1) is 7.96. The molecule has 1 aliphatic carbocycles. The maximum absolute atomic E-state index is 11.5. The highest BCUT2D eigenvalue weighted by atomic mass is 79.9. The highest BCUT2D eigenvalue weighted by molar-refractivity contribution is 9.10. The second-order valence-electron chi connectivity index (χ2n) is 4.94. The number of rotatable bonds is 3. The van der Waals surface area contributed by atoms with E-state index in [9.17, 15) is 9.90 Å². The first kappa shape index (κ1) is 12.6. The Kier molecular flexibility index (Phi) is 3.30. The Morgan fingerprint density at radius 1 is 1.53 bits per heavy atom. The maximum Gasteiger partial charge on any atom is 0.310 e. The molecule has 4 nitrogen and oxygen atoms in total. The number of hydrogen-bond donors (Lipinski definition) is 1. The number of carboxylic acid groups (broad SMARTS) is 1. The number of carboxylic acids is 1. The zero-order valence-electron chi connectivity index (χ0n) is 10.2. The molecule has 0 unspecified atom stereocenters. The molecule has 17 heavy (non-hydrogen) atoms. The van der Waals surface area contributed by atoms with Gasteiger partial charge in [0.2, 0.25) is 0 Å². The molecule has 0 amide bonds. The zero-order valence-corrected chi connectivity index (χ0v) is 11.7. The van der Waals surface area contributed by atoms with Crippen molar-refractivity contribution in [2.45, 2.75) is 39.0 Å². The molecule has 0 saturated heterocycles. The summed E-state index contributed by atoms with van der Waals surface area (Å²) in [7, 11) is 1.87. The van der Waals surface area contributed by atoms with E-state index < -0.39 is 11.4 Å². The summed E-state index contributed by atoms with van der Waals surface area (Å²) < 4.78 is 2.75. The lowest BCUT2D eigenvalue weighted by atomic mass is 9.81. The van der Waals surface area contributed by atoms with Crippen molar-refractivity contribution in [3.63, 3.8) is 0 Å². The molecule has 94 valence electrons. The van der Waals surface area contributed by atoms with Gasteiger partial charge >= 0.3 is 5.97 Å². The minimum absolute atomic E-state index is 0.570. The molecule has 0 spiro atoms. The molecule has 2 rings (SSSR count). The number of carbonyl (C=O) groups is 1. The average molecular weight is 301 g/mol. The average Bonchev–Trinajstić information content (AvgIpc) is 2.81. The lowest BCUT2D eigenvalue weighted by Gasteiger charge is -2.23. The fourth-order valence-electron chi connectivity index (χ4n) is 2.71. The third-order valence-corrected chi connectivity index (χ3v) is 4.81. The molecule has 1 aliphatic rings. The third-order valence-electron chi connectivity index (χ3n) is 3.78. The minimum atomic E-state index is -0.666. The molecule has 0 atom stereocenters. The van der Waals surface area contributed by atoms with Crippen LogP contribution in [0.1, 0.15) is 37.1 Å². The lowest BCUT2D eigenvalue weighted by Crippen LogP contribution is -2.31. The van der Waals surface area contributed by atoms with E-state index in [0.717, 1.165) is 41.5 Å². The Morgan fingerprint density at radius 2 is 2.12 bits per heavy atom. The van der Waals surface area contributed by atoms with Gasteiger partial charge in [-0.05, 0) is 35.7 Å². The summed E-state index contributed by atoms with van der Waals surface area (Å²) in [6.45, 7) is 1.93. The van der Waals surface area contributed by atoms with Crippen molar-refractivity contribution in [2.75, 3.05) is 0 Å². The number of aliphatic carboxylic acids is 1. The monoisotopic (exact) mass is 300 g/mol. The fraction of sp³-hybridized carbons (Fsp3) is 0.667. The second kappa shape index (κ2) is 4.44. The molecule has 0 bridgehead atoms. The fourth-order valence-corrected chi connectivity index (χ4v) is 3.19. The second-order valence-corrected chi connectivity index (χ2v) is 5.73. The number of aromatic nitrogens is 2. The first-order valence-corrected chi connectivity index (χ1v) is 6.67. The number of hydrogen-bond acceptors (Lipinski definition) is 2. The summed E-state index contributed by atoms with van der Waals surface area (Å²) in [5.74, 6) is -0.666. The van der Waals surface area contributed by atoms with Gasteiger partial charge in [0.15, 0.2) is 0 Å². The predicted octanol–water partition coefficient (Wildman–Crippen LogP) is 2.68. The van der Waals surface area contributed by atoms with Gasteiger partial charge in [-0.3, -0.25) is 9.48 Å². The van der Waals surface area contributed by atoms with E-state index in [1.54, 1.807) is 4.68 Å². The summed E-state index contributed by atoms with van der Waals surface area (Å²) >= 11 is 3.51. The van der Waals surface area contributed by atoms with Gasteiger partial charge in [0.25, 0.3) is 0 Å². The number of nitrogens with zero attached hydrogens (tertiary/aromatic N) is 2. The van der Waals surface area contributed by atoms with Gasteiger partial charge in [0.1, 0.15) is 0 Å². The Labute approximate surface area is 109 Å². The molecule has 5 heteroatoms. The van der Waals surface area contributed by atoms with Crippen LogP contribution in [0.25, 0.3) is 0 Å². The smallest absolute Gasteiger partial charge is 0.310 e. The van der Waals surface area contributed by atoms with Crippen molar-refractivity contribution in [1.82, 2.24) is 9.78 Å². The quantitative estimate of drug-likeness (QED) is 0.934. The molecule has 0 aliphatic heterocycles. The first-order valence-electron chi connectivity index (χ1n) is 5.88. The van der Waals surface area contributed by atoms with Crippen molar-refractivity contribution in [3.05, 3.63) is 15.9 Å². The summed E-state index contributed by atoms with van der Waals surface area (Å²) in [6, 6.07) is 0. The molecule has 0 aromatic carbocycles. The number of aryl methyl sites for hydroxylation is 2. The van der Waals surface area contributed by atoms with Crippen molar-refractivity contribution in [3.8, 4) is 0 Å². The maximum atomic E-state index is 11.5. The van der Waals surface area contributed by atoms with Gasteiger partial charge in [-0.15, -0.1) is 0 Å². The Morgan fingerprint density at radius 3 is 2.53 bits per heavy atom. The lowest BCUT2D eigenvalue weighted by molar-refractivity contribution is -0.148. The van der Waals surface area contributed by atoms with E-state index in [-0.39, 0.29) is 0 Å². The molecule has 1 aromatic heterocycles. The Bertz CT molecular complexity index is 448. The topological polar surface area (TPSA) is 55.1 Å². The standard InChI is InChI=1S/C12H17BrN2O2/c1-8-10(13)9(15(2)14-8)7-12(11(16)17)5-3-4-6-12/h3-7H2,1-2H3,(H,16,17). The highest BCUT2D eigenvalue weighted by Crippen LogP contribution is 2.42. The van der Waals surface area contributed by atoms with Gasteiger partial charge in [0, 0.05) is 13.5 Å². The largest absolute Gasteiger partial charge is 0.481 e. The van der Waals surface area contributed by atoms with E-state index in [4.69, 9.17) is 0 Å². The molecule has 1 N–H and O–H groups in total. The van der Waals surface area contributed by atoms with E-state index >= 15 is 0 Å². The SMILES string of the molecule is Cc1nn(C)c(CC2(C(=O)O)CCCC2)c1Br. The van der Waals surface area contributed by atoms with Gasteiger partial charge in [0.05, 0.1) is 21.3 Å². The molecule has 1 saturated carbocycles. The normalized spacial score (nSPS) is 18.5. The van der Waals surface area contributed by atoms with Crippen LogP contribution in [-0.2, 0) is 18.3 Å².